The van der Waals surface area contributed by atoms with Gasteiger partial charge >= 0.3 is 0 Å². The van der Waals surface area contributed by atoms with Crippen molar-refractivity contribution in [3.05, 3.63) is 44.8 Å². The van der Waals surface area contributed by atoms with Gasteiger partial charge in [-0.25, -0.2) is 0 Å². The van der Waals surface area contributed by atoms with E-state index in [-0.39, 0.29) is 0 Å². The van der Waals surface area contributed by atoms with Crippen LogP contribution in [0, 0.1) is 0 Å². The average molecular weight is 422 g/mol. The molecule has 0 spiro atoms. The zero-order valence-corrected chi connectivity index (χ0v) is 18.6. The van der Waals surface area contributed by atoms with Crippen LogP contribution in [0.3, 0.4) is 0 Å². The van der Waals surface area contributed by atoms with Crippen LogP contribution in [-0.2, 0) is 4.74 Å². The summed E-state index contributed by atoms with van der Waals surface area (Å²) in [6.07, 6.45) is 0. The van der Waals surface area contributed by atoms with Gasteiger partial charge in [0.25, 0.3) is 0 Å². The van der Waals surface area contributed by atoms with Crippen LogP contribution in [-0.4, -0.2) is 76.3 Å². The summed E-state index contributed by atoms with van der Waals surface area (Å²) in [6, 6.07) is 9.32. The fourth-order valence-electron chi connectivity index (χ4n) is 3.41. The van der Waals surface area contributed by atoms with Crippen molar-refractivity contribution < 1.29 is 4.74 Å². The Kier molecular flexibility index (Phi) is 8.29. The maximum Gasteiger partial charge on any atom is 0.191 e. The number of nitrogens with one attached hydrogen (secondary N) is 2. The average Bonchev–Trinajstić information content (AvgIpc) is 3.42. The summed E-state index contributed by atoms with van der Waals surface area (Å²) in [6.45, 7) is 5.19. The standard InChI is InChI=1S/C20H31N5OS2/c1-21-20(22-14-16(24(2)3)18-6-4-12-27-18)23-15-17(19-7-5-13-28-19)25-8-10-26-11-9-25/h4-7,12-13,16-17H,8-11,14-15H2,1-3H3,(H2,21,22,23). The molecule has 2 unspecified atom stereocenters. The second kappa shape index (κ2) is 10.9. The zero-order valence-electron chi connectivity index (χ0n) is 16.9. The van der Waals surface area contributed by atoms with Crippen molar-refractivity contribution in [3.8, 4) is 0 Å². The predicted molar refractivity (Wildman–Crippen MR) is 120 cm³/mol. The van der Waals surface area contributed by atoms with E-state index in [0.29, 0.717) is 12.1 Å². The normalized spacial score (nSPS) is 18.2. The van der Waals surface area contributed by atoms with Crippen LogP contribution in [0.1, 0.15) is 21.8 Å². The van der Waals surface area contributed by atoms with Crippen LogP contribution in [0.25, 0.3) is 0 Å². The lowest BCUT2D eigenvalue weighted by atomic mass is 10.2. The van der Waals surface area contributed by atoms with Gasteiger partial charge in [-0.3, -0.25) is 9.89 Å². The van der Waals surface area contributed by atoms with E-state index in [4.69, 9.17) is 4.74 Å². The summed E-state index contributed by atoms with van der Waals surface area (Å²) in [5, 5.41) is 11.3. The molecular formula is C20H31N5OS2. The Hall–Kier alpha value is -1.45. The molecule has 1 aliphatic heterocycles. The molecule has 3 heterocycles. The first-order valence-corrected chi connectivity index (χ1v) is 11.4. The van der Waals surface area contributed by atoms with Crippen molar-refractivity contribution >= 4 is 28.6 Å². The SMILES string of the molecule is CN=C(NCC(c1cccs1)N(C)C)NCC(c1cccs1)N1CCOCC1. The minimum atomic E-state index is 0.325. The highest BCUT2D eigenvalue weighted by atomic mass is 32.1. The summed E-state index contributed by atoms with van der Waals surface area (Å²) in [5.41, 5.74) is 0. The van der Waals surface area contributed by atoms with E-state index in [9.17, 15) is 0 Å². The first-order valence-electron chi connectivity index (χ1n) is 9.68. The lowest BCUT2D eigenvalue weighted by Gasteiger charge is -2.34. The highest BCUT2D eigenvalue weighted by Crippen LogP contribution is 2.25. The number of likely N-dealkylation sites (N-methyl/N-ethyl adjacent to an activating group) is 1. The third-order valence-corrected chi connectivity index (χ3v) is 6.95. The number of nitrogens with zero attached hydrogens (tertiary/aromatic N) is 3. The van der Waals surface area contributed by atoms with Gasteiger partial charge in [-0.15, -0.1) is 22.7 Å². The van der Waals surface area contributed by atoms with Gasteiger partial charge < -0.3 is 20.3 Å². The molecule has 28 heavy (non-hydrogen) atoms. The minimum absolute atomic E-state index is 0.325. The number of morpholine rings is 1. The maximum atomic E-state index is 5.54. The smallest absolute Gasteiger partial charge is 0.191 e. The molecular weight excluding hydrogens is 390 g/mol. The summed E-state index contributed by atoms with van der Waals surface area (Å²) >= 11 is 3.61. The van der Waals surface area contributed by atoms with E-state index in [1.165, 1.54) is 9.75 Å². The molecule has 0 aliphatic carbocycles. The number of hydrogen-bond acceptors (Lipinski definition) is 6. The van der Waals surface area contributed by atoms with Crippen molar-refractivity contribution in [3.63, 3.8) is 0 Å². The molecule has 0 bridgehead atoms. The molecule has 2 aromatic rings. The number of ether oxygens (including phenoxy) is 1. The van der Waals surface area contributed by atoms with E-state index in [1.54, 1.807) is 11.3 Å². The third kappa shape index (κ3) is 5.78. The quantitative estimate of drug-likeness (QED) is 0.507. The Morgan fingerprint density at radius 3 is 2.32 bits per heavy atom. The molecule has 1 aliphatic rings. The fourth-order valence-corrected chi connectivity index (χ4v) is 5.19. The zero-order chi connectivity index (χ0) is 19.8. The predicted octanol–water partition coefficient (Wildman–Crippen LogP) is 2.65. The summed E-state index contributed by atoms with van der Waals surface area (Å²) in [7, 11) is 6.07. The van der Waals surface area contributed by atoms with Crippen LogP contribution in [0.15, 0.2) is 40.0 Å². The molecule has 0 aromatic carbocycles. The molecule has 1 saturated heterocycles. The number of aliphatic imine (C=N–C) groups is 1. The van der Waals surface area contributed by atoms with Crippen molar-refractivity contribution in [1.82, 2.24) is 20.4 Å². The topological polar surface area (TPSA) is 52.1 Å². The lowest BCUT2D eigenvalue weighted by molar-refractivity contribution is 0.0177. The van der Waals surface area contributed by atoms with Gasteiger partial charge in [0.15, 0.2) is 5.96 Å². The van der Waals surface area contributed by atoms with Gasteiger partial charge in [-0.05, 0) is 37.0 Å². The Morgan fingerprint density at radius 1 is 1.11 bits per heavy atom. The first-order chi connectivity index (χ1) is 13.7. The van der Waals surface area contributed by atoms with E-state index >= 15 is 0 Å². The molecule has 2 atom stereocenters. The Balaban J connectivity index is 1.58. The largest absolute Gasteiger partial charge is 0.379 e. The van der Waals surface area contributed by atoms with Crippen molar-refractivity contribution in [2.45, 2.75) is 12.1 Å². The minimum Gasteiger partial charge on any atom is -0.379 e. The van der Waals surface area contributed by atoms with E-state index in [2.05, 4.69) is 74.5 Å². The van der Waals surface area contributed by atoms with Crippen LogP contribution < -0.4 is 10.6 Å². The fraction of sp³-hybridized carbons (Fsp3) is 0.550. The molecule has 2 N–H and O–H groups in total. The van der Waals surface area contributed by atoms with Gasteiger partial charge in [0.05, 0.1) is 25.3 Å². The van der Waals surface area contributed by atoms with Crippen molar-refractivity contribution in [2.75, 3.05) is 60.5 Å². The van der Waals surface area contributed by atoms with Gasteiger partial charge in [-0.2, -0.15) is 0 Å². The molecule has 0 saturated carbocycles. The molecule has 1 fully saturated rings. The highest BCUT2D eigenvalue weighted by Gasteiger charge is 2.24. The molecule has 0 radical (unpaired) electrons. The Bertz CT molecular complexity index is 696. The van der Waals surface area contributed by atoms with Crippen LogP contribution in [0.5, 0.6) is 0 Å². The van der Waals surface area contributed by atoms with Gasteiger partial charge in [0.2, 0.25) is 0 Å². The second-order valence-electron chi connectivity index (χ2n) is 7.01. The number of guanidine groups is 1. The van der Waals surface area contributed by atoms with Gasteiger partial charge in [0.1, 0.15) is 0 Å². The van der Waals surface area contributed by atoms with Crippen molar-refractivity contribution in [1.29, 1.82) is 0 Å². The van der Waals surface area contributed by atoms with Crippen LogP contribution >= 0.6 is 22.7 Å². The first kappa shape index (κ1) is 21.3. The highest BCUT2D eigenvalue weighted by molar-refractivity contribution is 7.10. The van der Waals surface area contributed by atoms with Crippen LogP contribution in [0.4, 0.5) is 0 Å². The van der Waals surface area contributed by atoms with Crippen molar-refractivity contribution in [2.24, 2.45) is 4.99 Å². The van der Waals surface area contributed by atoms with E-state index in [0.717, 1.165) is 45.4 Å². The number of hydrogen-bond donors (Lipinski definition) is 2. The second-order valence-corrected chi connectivity index (χ2v) is 8.97. The molecule has 154 valence electrons. The lowest BCUT2D eigenvalue weighted by Crippen LogP contribution is -2.47. The molecule has 6 nitrogen and oxygen atoms in total. The third-order valence-electron chi connectivity index (χ3n) is 5.00. The van der Waals surface area contributed by atoms with Gasteiger partial charge in [0, 0.05) is 43.0 Å². The maximum absolute atomic E-state index is 5.54. The summed E-state index contributed by atoms with van der Waals surface area (Å²) in [5.74, 6) is 0.846. The molecule has 8 heteroatoms. The Labute approximate surface area is 176 Å². The summed E-state index contributed by atoms with van der Waals surface area (Å²) < 4.78 is 5.54. The molecule has 0 amide bonds. The van der Waals surface area contributed by atoms with E-state index < -0.39 is 0 Å². The monoisotopic (exact) mass is 421 g/mol. The number of thiophene rings is 2. The van der Waals surface area contributed by atoms with Gasteiger partial charge in [-0.1, -0.05) is 12.1 Å². The number of rotatable bonds is 8. The van der Waals surface area contributed by atoms with E-state index in [1.807, 2.05) is 18.4 Å². The molecule has 3 rings (SSSR count). The Morgan fingerprint density at radius 2 is 1.75 bits per heavy atom. The summed E-state index contributed by atoms with van der Waals surface area (Å²) in [4.78, 5) is 11.9. The van der Waals surface area contributed by atoms with Crippen LogP contribution in [0.2, 0.25) is 0 Å². The molecule has 2 aromatic heterocycles.